The molecule has 1 aromatic rings. The fourth-order valence-electron chi connectivity index (χ4n) is 0.861. The lowest BCUT2D eigenvalue weighted by atomic mass is 10.3. The lowest BCUT2D eigenvalue weighted by molar-refractivity contribution is -0.137. The van der Waals surface area contributed by atoms with Crippen LogP contribution in [0.5, 0.6) is 0 Å². The molecular weight excluding hydrogens is 196 g/mol. The summed E-state index contributed by atoms with van der Waals surface area (Å²) in [6.07, 6.45) is 6.84. The van der Waals surface area contributed by atoms with E-state index in [2.05, 4.69) is 0 Å². The van der Waals surface area contributed by atoms with Gasteiger partial charge in [-0.3, -0.25) is 0 Å². The molecule has 3 heteroatoms. The Bertz CT molecular complexity index is 323. The van der Waals surface area contributed by atoms with Crippen LogP contribution in [-0.2, 0) is 9.53 Å². The normalized spacial score (nSPS) is 11.2. The van der Waals surface area contributed by atoms with Crippen molar-refractivity contribution in [2.45, 2.75) is 6.92 Å². The molecule has 0 unspecified atom stereocenters. The van der Waals surface area contributed by atoms with Crippen LogP contribution in [0.1, 0.15) is 12.5 Å². The van der Waals surface area contributed by atoms with Gasteiger partial charge in [0.2, 0.25) is 0 Å². The highest BCUT2D eigenvalue weighted by atomic mass is 32.1. The molecular formula is C11H12O2S. The van der Waals surface area contributed by atoms with Crippen LogP contribution < -0.4 is 0 Å². The summed E-state index contributed by atoms with van der Waals surface area (Å²) in [6.45, 7) is 2.20. The van der Waals surface area contributed by atoms with Crippen molar-refractivity contribution in [2.75, 3.05) is 6.61 Å². The zero-order chi connectivity index (χ0) is 10.2. The number of carbonyl (C=O) groups is 1. The SMILES string of the molecule is CCOC(=O)/C=C/C=C/c1ccsc1. The van der Waals surface area contributed by atoms with Crippen LogP contribution in [0.2, 0.25) is 0 Å². The Kier molecular flexibility index (Phi) is 4.72. The summed E-state index contributed by atoms with van der Waals surface area (Å²) in [5.74, 6) is -0.303. The summed E-state index contributed by atoms with van der Waals surface area (Å²) in [7, 11) is 0. The van der Waals surface area contributed by atoms with Crippen LogP contribution >= 0.6 is 11.3 Å². The smallest absolute Gasteiger partial charge is 0.330 e. The van der Waals surface area contributed by atoms with Gasteiger partial charge in [0.25, 0.3) is 0 Å². The zero-order valence-electron chi connectivity index (χ0n) is 7.97. The molecule has 1 rings (SSSR count). The van der Waals surface area contributed by atoms with Crippen molar-refractivity contribution in [3.05, 3.63) is 40.6 Å². The van der Waals surface area contributed by atoms with E-state index in [0.717, 1.165) is 5.56 Å². The van der Waals surface area contributed by atoms with Gasteiger partial charge in [-0.1, -0.05) is 18.2 Å². The van der Waals surface area contributed by atoms with E-state index >= 15 is 0 Å². The highest BCUT2D eigenvalue weighted by Gasteiger charge is 1.90. The van der Waals surface area contributed by atoms with Crippen LogP contribution in [0, 0.1) is 0 Å². The Morgan fingerprint density at radius 1 is 1.57 bits per heavy atom. The largest absolute Gasteiger partial charge is 0.463 e. The molecule has 0 saturated carbocycles. The Labute approximate surface area is 87.5 Å². The standard InChI is InChI=1S/C11H12O2S/c1-2-13-11(12)6-4-3-5-10-7-8-14-9-10/h3-9H,2H2,1H3/b5-3+,6-4+. The number of ether oxygens (including phenoxy) is 1. The third-order valence-corrected chi connectivity index (χ3v) is 2.16. The predicted molar refractivity (Wildman–Crippen MR) is 59.1 cm³/mol. The van der Waals surface area contributed by atoms with E-state index in [4.69, 9.17) is 4.74 Å². The van der Waals surface area contributed by atoms with Crippen LogP contribution in [0.15, 0.2) is 35.1 Å². The van der Waals surface area contributed by atoms with Crippen molar-refractivity contribution in [1.29, 1.82) is 0 Å². The second-order valence-corrected chi connectivity index (χ2v) is 3.31. The number of rotatable bonds is 4. The third kappa shape index (κ3) is 4.05. The van der Waals surface area contributed by atoms with E-state index in [1.54, 1.807) is 24.3 Å². The minimum Gasteiger partial charge on any atom is -0.463 e. The first-order valence-corrected chi connectivity index (χ1v) is 5.31. The average molecular weight is 208 g/mol. The fourth-order valence-corrected chi connectivity index (χ4v) is 1.49. The molecule has 2 nitrogen and oxygen atoms in total. The number of hydrogen-bond donors (Lipinski definition) is 0. The second-order valence-electron chi connectivity index (χ2n) is 2.53. The zero-order valence-corrected chi connectivity index (χ0v) is 8.79. The van der Waals surface area contributed by atoms with E-state index in [1.165, 1.54) is 6.08 Å². The molecule has 0 bridgehead atoms. The van der Waals surface area contributed by atoms with Crippen molar-refractivity contribution in [1.82, 2.24) is 0 Å². The Balaban J connectivity index is 2.36. The van der Waals surface area contributed by atoms with Crippen molar-refractivity contribution < 1.29 is 9.53 Å². The van der Waals surface area contributed by atoms with E-state index in [0.29, 0.717) is 6.61 Å². The average Bonchev–Trinajstić information content (AvgIpc) is 2.65. The van der Waals surface area contributed by atoms with Gasteiger partial charge in [-0.2, -0.15) is 11.3 Å². The molecule has 0 aliphatic carbocycles. The van der Waals surface area contributed by atoms with Gasteiger partial charge in [0.15, 0.2) is 0 Å². The number of esters is 1. The van der Waals surface area contributed by atoms with E-state index in [1.807, 2.05) is 29.0 Å². The second kappa shape index (κ2) is 6.16. The van der Waals surface area contributed by atoms with Crippen molar-refractivity contribution >= 4 is 23.4 Å². The van der Waals surface area contributed by atoms with Crippen LogP contribution in [0.25, 0.3) is 6.08 Å². The summed E-state index contributed by atoms with van der Waals surface area (Å²) < 4.78 is 4.72. The first kappa shape index (κ1) is 10.7. The molecule has 0 radical (unpaired) electrons. The molecule has 0 atom stereocenters. The summed E-state index contributed by atoms with van der Waals surface area (Å²) in [5.41, 5.74) is 1.14. The van der Waals surface area contributed by atoms with Crippen LogP contribution in [0.4, 0.5) is 0 Å². The minimum absolute atomic E-state index is 0.303. The summed E-state index contributed by atoms with van der Waals surface area (Å²) in [4.78, 5) is 10.9. The van der Waals surface area contributed by atoms with Gasteiger partial charge < -0.3 is 4.74 Å². The number of thiophene rings is 1. The fraction of sp³-hybridized carbons (Fsp3) is 0.182. The third-order valence-electron chi connectivity index (χ3n) is 1.46. The molecule has 0 amide bonds. The van der Waals surface area contributed by atoms with Crippen molar-refractivity contribution in [3.8, 4) is 0 Å². The van der Waals surface area contributed by atoms with Crippen molar-refractivity contribution in [2.24, 2.45) is 0 Å². The first-order valence-electron chi connectivity index (χ1n) is 4.36. The predicted octanol–water partition coefficient (Wildman–Crippen LogP) is 2.88. The molecule has 14 heavy (non-hydrogen) atoms. The van der Waals surface area contributed by atoms with Gasteiger partial charge in [0.05, 0.1) is 6.61 Å². The quantitative estimate of drug-likeness (QED) is 0.432. The lowest BCUT2D eigenvalue weighted by Crippen LogP contribution is -1.98. The van der Waals surface area contributed by atoms with Gasteiger partial charge in [-0.25, -0.2) is 4.79 Å². The van der Waals surface area contributed by atoms with Crippen LogP contribution in [-0.4, -0.2) is 12.6 Å². The van der Waals surface area contributed by atoms with E-state index < -0.39 is 0 Å². The van der Waals surface area contributed by atoms with Gasteiger partial charge >= 0.3 is 5.97 Å². The van der Waals surface area contributed by atoms with Gasteiger partial charge in [0, 0.05) is 6.08 Å². The lowest BCUT2D eigenvalue weighted by Gasteiger charge is -1.92. The van der Waals surface area contributed by atoms with Gasteiger partial charge in [-0.05, 0) is 29.3 Å². The molecule has 0 saturated heterocycles. The maximum Gasteiger partial charge on any atom is 0.330 e. The van der Waals surface area contributed by atoms with Crippen molar-refractivity contribution in [3.63, 3.8) is 0 Å². The number of hydrogen-bond acceptors (Lipinski definition) is 3. The molecule has 0 N–H and O–H groups in total. The molecule has 0 aliphatic heterocycles. The molecule has 1 heterocycles. The Hall–Kier alpha value is -1.35. The summed E-state index contributed by atoms with van der Waals surface area (Å²) >= 11 is 1.65. The summed E-state index contributed by atoms with van der Waals surface area (Å²) in [6, 6.07) is 2.01. The number of carbonyl (C=O) groups excluding carboxylic acids is 1. The highest BCUT2D eigenvalue weighted by molar-refractivity contribution is 7.08. The Morgan fingerprint density at radius 3 is 3.07 bits per heavy atom. The van der Waals surface area contributed by atoms with E-state index in [-0.39, 0.29) is 5.97 Å². The molecule has 1 aromatic heterocycles. The summed E-state index contributed by atoms with van der Waals surface area (Å²) in [5, 5.41) is 4.05. The monoisotopic (exact) mass is 208 g/mol. The van der Waals surface area contributed by atoms with Gasteiger partial charge in [0.1, 0.15) is 0 Å². The molecule has 0 aliphatic rings. The van der Waals surface area contributed by atoms with E-state index in [9.17, 15) is 4.79 Å². The topological polar surface area (TPSA) is 26.3 Å². The highest BCUT2D eigenvalue weighted by Crippen LogP contribution is 2.07. The maximum atomic E-state index is 10.9. The first-order chi connectivity index (χ1) is 6.83. The molecule has 0 fully saturated rings. The van der Waals surface area contributed by atoms with Gasteiger partial charge in [-0.15, -0.1) is 0 Å². The molecule has 0 aromatic carbocycles. The molecule has 74 valence electrons. The minimum atomic E-state index is -0.303. The maximum absolute atomic E-state index is 10.9. The molecule has 0 spiro atoms. The number of allylic oxidation sites excluding steroid dienone is 2. The Morgan fingerprint density at radius 2 is 2.43 bits per heavy atom. The van der Waals surface area contributed by atoms with Crippen LogP contribution in [0.3, 0.4) is 0 Å².